The molecular weight excluding hydrogens is 282 g/mol. The molecule has 1 N–H and O–H groups in total. The first-order chi connectivity index (χ1) is 9.99. The van der Waals surface area contributed by atoms with E-state index in [2.05, 4.69) is 4.98 Å². The van der Waals surface area contributed by atoms with E-state index >= 15 is 0 Å². The van der Waals surface area contributed by atoms with Gasteiger partial charge in [0.15, 0.2) is 5.82 Å². The van der Waals surface area contributed by atoms with E-state index in [4.69, 9.17) is 9.84 Å². The molecule has 106 valence electrons. The van der Waals surface area contributed by atoms with Crippen LogP contribution in [0.5, 0.6) is 5.75 Å². The highest BCUT2D eigenvalue weighted by Crippen LogP contribution is 2.31. The summed E-state index contributed by atoms with van der Waals surface area (Å²) >= 11 is 0. The first-order valence-electron chi connectivity index (χ1n) is 5.75. The van der Waals surface area contributed by atoms with Crippen molar-refractivity contribution in [1.82, 2.24) is 9.55 Å². The van der Waals surface area contributed by atoms with Crippen LogP contribution in [0.3, 0.4) is 0 Å². The lowest BCUT2D eigenvalue weighted by Crippen LogP contribution is -2.32. The van der Waals surface area contributed by atoms with Gasteiger partial charge in [-0.1, -0.05) is 0 Å². The summed E-state index contributed by atoms with van der Waals surface area (Å²) < 4.78 is 6.37. The van der Waals surface area contributed by atoms with Gasteiger partial charge in [0.2, 0.25) is 0 Å². The molecule has 9 heteroatoms. The van der Waals surface area contributed by atoms with Crippen molar-refractivity contribution in [3.8, 4) is 11.4 Å². The molecule has 0 radical (unpaired) electrons. The van der Waals surface area contributed by atoms with Crippen molar-refractivity contribution in [3.05, 3.63) is 56.3 Å². The van der Waals surface area contributed by atoms with Crippen molar-refractivity contribution < 1.29 is 19.6 Å². The zero-order valence-electron chi connectivity index (χ0n) is 10.3. The fourth-order valence-corrected chi connectivity index (χ4v) is 2.05. The minimum absolute atomic E-state index is 0.0278. The maximum atomic E-state index is 12.2. The van der Waals surface area contributed by atoms with Crippen LogP contribution in [0.4, 0.5) is 5.69 Å². The Hall–Kier alpha value is -3.23. The first-order valence-corrected chi connectivity index (χ1v) is 5.75. The molecule has 1 aromatic heterocycles. The van der Waals surface area contributed by atoms with E-state index in [-0.39, 0.29) is 29.6 Å². The second kappa shape index (κ2) is 4.40. The van der Waals surface area contributed by atoms with E-state index in [1.54, 1.807) is 0 Å². The van der Waals surface area contributed by atoms with Crippen molar-refractivity contribution >= 4 is 11.7 Å². The molecule has 0 aliphatic carbocycles. The number of aromatic carboxylic acids is 1. The number of hydrogen-bond donors (Lipinski definition) is 1. The molecular formula is C12H7N3O6. The third-order valence-electron chi connectivity index (χ3n) is 3.02. The molecule has 1 aliphatic rings. The summed E-state index contributed by atoms with van der Waals surface area (Å²) in [5.74, 6) is -0.987. The average Bonchev–Trinajstić information content (AvgIpc) is 2.46. The number of aromatic nitrogens is 2. The Labute approximate surface area is 116 Å². The predicted octanol–water partition coefficient (Wildman–Crippen LogP) is 0.731. The molecule has 0 amide bonds. The van der Waals surface area contributed by atoms with Gasteiger partial charge in [-0.2, -0.15) is 0 Å². The van der Waals surface area contributed by atoms with Crippen molar-refractivity contribution in [2.24, 2.45) is 0 Å². The Morgan fingerprint density at radius 2 is 2.24 bits per heavy atom. The molecule has 9 nitrogen and oxygen atoms in total. The Morgan fingerprint density at radius 1 is 1.48 bits per heavy atom. The first kappa shape index (κ1) is 12.8. The number of carbonyl (C=O) groups is 1. The number of nitrogens with zero attached hydrogens (tertiary/aromatic N) is 3. The highest BCUT2D eigenvalue weighted by Gasteiger charge is 2.24. The fourth-order valence-electron chi connectivity index (χ4n) is 2.05. The highest BCUT2D eigenvalue weighted by atomic mass is 16.6. The zero-order valence-corrected chi connectivity index (χ0v) is 10.3. The Kier molecular flexibility index (Phi) is 2.68. The number of nitro groups is 1. The van der Waals surface area contributed by atoms with Crippen molar-refractivity contribution in [2.75, 3.05) is 0 Å². The van der Waals surface area contributed by atoms with E-state index in [0.717, 1.165) is 16.8 Å². The second-order valence-electron chi connectivity index (χ2n) is 4.23. The summed E-state index contributed by atoms with van der Waals surface area (Å²) in [6, 6.07) is 3.74. The van der Waals surface area contributed by atoms with Gasteiger partial charge < -0.3 is 9.84 Å². The minimum Gasteiger partial charge on any atom is -0.483 e. The van der Waals surface area contributed by atoms with Gasteiger partial charge in [0.25, 0.3) is 11.2 Å². The molecule has 0 atom stereocenters. The van der Waals surface area contributed by atoms with Gasteiger partial charge in [0.05, 0.1) is 10.6 Å². The van der Waals surface area contributed by atoms with Gasteiger partial charge >= 0.3 is 5.97 Å². The highest BCUT2D eigenvalue weighted by molar-refractivity contribution is 5.86. The van der Waals surface area contributed by atoms with Crippen LogP contribution in [0.25, 0.3) is 5.69 Å². The van der Waals surface area contributed by atoms with E-state index in [0.29, 0.717) is 0 Å². The molecule has 0 bridgehead atoms. The molecule has 1 aliphatic heterocycles. The van der Waals surface area contributed by atoms with Gasteiger partial charge in [0.1, 0.15) is 17.9 Å². The third-order valence-corrected chi connectivity index (χ3v) is 3.02. The SMILES string of the molecule is O=C(O)c1cnc2n(c1=O)-c1cc([N+](=O)[O-])ccc1OC2. The summed E-state index contributed by atoms with van der Waals surface area (Å²) in [5.41, 5.74) is -1.46. The van der Waals surface area contributed by atoms with Crippen LogP contribution in [0.15, 0.2) is 29.2 Å². The molecule has 21 heavy (non-hydrogen) atoms. The van der Waals surface area contributed by atoms with Gasteiger partial charge in [-0.05, 0) is 6.07 Å². The topological polar surface area (TPSA) is 125 Å². The maximum Gasteiger partial charge on any atom is 0.342 e. The van der Waals surface area contributed by atoms with E-state index in [1.807, 2.05) is 0 Å². The Bertz CT molecular complexity index is 841. The number of ether oxygens (including phenoxy) is 1. The molecule has 0 spiro atoms. The Balaban J connectivity index is 2.32. The van der Waals surface area contributed by atoms with Gasteiger partial charge in [-0.3, -0.25) is 19.5 Å². The number of carboxylic acid groups (broad SMARTS) is 1. The third kappa shape index (κ3) is 1.91. The monoisotopic (exact) mass is 289 g/mol. The number of benzene rings is 1. The van der Waals surface area contributed by atoms with Crippen molar-refractivity contribution in [2.45, 2.75) is 6.61 Å². The molecule has 0 saturated carbocycles. The molecule has 0 unspecified atom stereocenters. The molecule has 2 aromatic rings. The van der Waals surface area contributed by atoms with Crippen molar-refractivity contribution in [1.29, 1.82) is 0 Å². The van der Waals surface area contributed by atoms with E-state index < -0.39 is 22.0 Å². The lowest BCUT2D eigenvalue weighted by molar-refractivity contribution is -0.384. The van der Waals surface area contributed by atoms with Crippen molar-refractivity contribution in [3.63, 3.8) is 0 Å². The zero-order chi connectivity index (χ0) is 15.1. The molecule has 2 heterocycles. The van der Waals surface area contributed by atoms with Crippen LogP contribution in [0, 0.1) is 10.1 Å². The second-order valence-corrected chi connectivity index (χ2v) is 4.23. The molecule has 0 fully saturated rings. The molecule has 1 aromatic carbocycles. The Morgan fingerprint density at radius 3 is 2.90 bits per heavy atom. The number of hydrogen-bond acceptors (Lipinski definition) is 6. The number of rotatable bonds is 2. The van der Waals surface area contributed by atoms with Crippen LogP contribution < -0.4 is 10.3 Å². The fraction of sp³-hybridized carbons (Fsp3) is 0.0833. The van der Waals surface area contributed by atoms with Gasteiger partial charge in [-0.15, -0.1) is 0 Å². The van der Waals surface area contributed by atoms with Gasteiger partial charge in [-0.25, -0.2) is 9.78 Å². The standard InChI is InChI=1S/C12H7N3O6/c16-11-7(12(17)18)4-13-10-5-21-9-2-1-6(15(19)20)3-8(9)14(10)11/h1-4H,5H2,(H,17,18). The average molecular weight is 289 g/mol. The van der Waals surface area contributed by atoms with E-state index in [1.165, 1.54) is 12.1 Å². The summed E-state index contributed by atoms with van der Waals surface area (Å²) in [6.07, 6.45) is 0.947. The summed E-state index contributed by atoms with van der Waals surface area (Å²) in [7, 11) is 0. The summed E-state index contributed by atoms with van der Waals surface area (Å²) in [6.45, 7) is -0.0278. The quantitative estimate of drug-likeness (QED) is 0.638. The molecule has 0 saturated heterocycles. The predicted molar refractivity (Wildman–Crippen MR) is 67.8 cm³/mol. The lowest BCUT2D eigenvalue weighted by Gasteiger charge is -2.21. The van der Waals surface area contributed by atoms with Crippen LogP contribution in [0.2, 0.25) is 0 Å². The number of non-ortho nitro benzene ring substituents is 1. The summed E-state index contributed by atoms with van der Waals surface area (Å²) in [4.78, 5) is 37.3. The van der Waals surface area contributed by atoms with Gasteiger partial charge in [0, 0.05) is 18.3 Å². The van der Waals surface area contributed by atoms with Crippen LogP contribution in [-0.4, -0.2) is 25.6 Å². The van der Waals surface area contributed by atoms with Crippen LogP contribution in [-0.2, 0) is 6.61 Å². The van der Waals surface area contributed by atoms with Crippen LogP contribution in [0.1, 0.15) is 16.2 Å². The largest absolute Gasteiger partial charge is 0.483 e. The smallest absolute Gasteiger partial charge is 0.342 e. The number of carboxylic acids is 1. The maximum absolute atomic E-state index is 12.2. The minimum atomic E-state index is -1.42. The van der Waals surface area contributed by atoms with Crippen LogP contribution >= 0.6 is 0 Å². The normalized spacial score (nSPS) is 12.0. The van der Waals surface area contributed by atoms with E-state index in [9.17, 15) is 19.7 Å². The lowest BCUT2D eigenvalue weighted by atomic mass is 10.2. The number of nitro benzene ring substituents is 1. The molecule has 3 rings (SSSR count). The number of fused-ring (bicyclic) bond motifs is 3. The summed E-state index contributed by atoms with van der Waals surface area (Å²) in [5, 5.41) is 19.8.